The zero-order valence-corrected chi connectivity index (χ0v) is 5.31. The van der Waals surface area contributed by atoms with E-state index in [4.69, 9.17) is 5.41 Å². The van der Waals surface area contributed by atoms with E-state index in [-0.39, 0.29) is 6.61 Å². The minimum absolute atomic E-state index is 0.0604. The number of carbonyl (C=O) groups is 1. The van der Waals surface area contributed by atoms with Gasteiger partial charge in [0.05, 0.1) is 0 Å². The summed E-state index contributed by atoms with van der Waals surface area (Å²) in [6.45, 7) is 4.82. The fourth-order valence-corrected chi connectivity index (χ4v) is 0.238. The van der Waals surface area contributed by atoms with Gasteiger partial charge in [0.25, 0.3) is 0 Å². The Hall–Kier alpha value is -1.12. The lowest BCUT2D eigenvalue weighted by Gasteiger charge is -1.96. The van der Waals surface area contributed by atoms with E-state index >= 15 is 0 Å². The summed E-state index contributed by atoms with van der Waals surface area (Å²) in [6.07, 6.45) is 1.07. The van der Waals surface area contributed by atoms with Crippen LogP contribution in [-0.4, -0.2) is 18.3 Å². The zero-order valence-electron chi connectivity index (χ0n) is 5.31. The van der Waals surface area contributed by atoms with Gasteiger partial charge in [-0.25, -0.2) is 4.79 Å². The highest BCUT2D eigenvalue weighted by Crippen LogP contribution is 1.79. The van der Waals surface area contributed by atoms with Crippen molar-refractivity contribution in [1.29, 1.82) is 5.41 Å². The molecule has 0 spiro atoms. The number of carbonyl (C=O) groups excluding carboxylic acids is 1. The third-order valence-electron chi connectivity index (χ3n) is 0.598. The van der Waals surface area contributed by atoms with Gasteiger partial charge in [0.1, 0.15) is 6.61 Å². The molecule has 1 N–H and O–H groups in total. The average molecular weight is 127 g/mol. The van der Waals surface area contributed by atoms with Crippen LogP contribution >= 0.6 is 0 Å². The molecule has 0 rings (SSSR count). The molecule has 0 fully saturated rings. The molecular weight excluding hydrogens is 118 g/mol. The summed E-state index contributed by atoms with van der Waals surface area (Å²) < 4.78 is 4.47. The van der Waals surface area contributed by atoms with Crippen molar-refractivity contribution in [3.05, 3.63) is 12.7 Å². The third kappa shape index (κ3) is 4.74. The molecule has 0 bridgehead atoms. The van der Waals surface area contributed by atoms with Crippen molar-refractivity contribution in [3.8, 4) is 0 Å². The van der Waals surface area contributed by atoms with Crippen molar-refractivity contribution < 1.29 is 9.53 Å². The van der Waals surface area contributed by atoms with Crippen molar-refractivity contribution in [2.75, 3.05) is 6.61 Å². The molecule has 0 aromatic heterocycles. The van der Waals surface area contributed by atoms with E-state index in [9.17, 15) is 4.79 Å². The van der Waals surface area contributed by atoms with E-state index in [1.54, 1.807) is 6.92 Å². The fourth-order valence-electron chi connectivity index (χ4n) is 0.238. The lowest BCUT2D eigenvalue weighted by molar-refractivity contribution is -0.136. The number of esters is 1. The first kappa shape index (κ1) is 7.88. The van der Waals surface area contributed by atoms with Crippen LogP contribution in [0.3, 0.4) is 0 Å². The Labute approximate surface area is 53.8 Å². The Bertz CT molecular complexity index is 140. The van der Waals surface area contributed by atoms with Crippen LogP contribution in [0.4, 0.5) is 0 Å². The van der Waals surface area contributed by atoms with Gasteiger partial charge >= 0.3 is 5.97 Å². The summed E-state index contributed by atoms with van der Waals surface area (Å²) in [6, 6.07) is 0. The maximum atomic E-state index is 10.3. The Morgan fingerprint density at radius 3 is 2.78 bits per heavy atom. The molecule has 0 saturated carbocycles. The summed E-state index contributed by atoms with van der Waals surface area (Å²) in [5.74, 6) is -0.485. The molecule has 3 heteroatoms. The van der Waals surface area contributed by atoms with Crippen molar-refractivity contribution in [1.82, 2.24) is 0 Å². The van der Waals surface area contributed by atoms with Crippen LogP contribution in [0.5, 0.6) is 0 Å². The smallest absolute Gasteiger partial charge is 0.330 e. The lowest BCUT2D eigenvalue weighted by atomic mass is 10.5. The van der Waals surface area contributed by atoms with E-state index in [2.05, 4.69) is 11.3 Å². The molecule has 0 aromatic carbocycles. The van der Waals surface area contributed by atoms with E-state index in [0.29, 0.717) is 5.71 Å². The normalized spacial score (nSPS) is 8.11. The number of ether oxygens (including phenoxy) is 1. The van der Waals surface area contributed by atoms with Crippen LogP contribution in [0.15, 0.2) is 12.7 Å². The van der Waals surface area contributed by atoms with Crippen LogP contribution in [0.2, 0.25) is 0 Å². The predicted octanol–water partition coefficient (Wildman–Crippen LogP) is 0.755. The SMILES string of the molecule is C=CC(=O)OCC(C)=N. The molecule has 0 heterocycles. The van der Waals surface area contributed by atoms with Gasteiger partial charge < -0.3 is 10.1 Å². The molecular formula is C6H9NO2. The molecule has 9 heavy (non-hydrogen) atoms. The molecule has 0 aliphatic rings. The molecule has 0 saturated heterocycles. The molecule has 0 aliphatic carbocycles. The summed E-state index contributed by atoms with van der Waals surface area (Å²) >= 11 is 0. The number of hydrogen-bond donors (Lipinski definition) is 1. The summed E-state index contributed by atoms with van der Waals surface area (Å²) in [7, 11) is 0. The number of nitrogens with one attached hydrogen (secondary N) is 1. The molecule has 0 aliphatic heterocycles. The largest absolute Gasteiger partial charge is 0.456 e. The Kier molecular flexibility index (Phi) is 3.35. The molecule has 0 atom stereocenters. The molecule has 0 amide bonds. The van der Waals surface area contributed by atoms with Crippen LogP contribution in [0.1, 0.15) is 6.92 Å². The second kappa shape index (κ2) is 3.83. The highest BCUT2D eigenvalue weighted by Gasteiger charge is 1.93. The zero-order chi connectivity index (χ0) is 7.28. The summed E-state index contributed by atoms with van der Waals surface area (Å²) in [4.78, 5) is 10.3. The number of rotatable bonds is 3. The molecule has 3 nitrogen and oxygen atoms in total. The quantitative estimate of drug-likeness (QED) is 0.345. The highest BCUT2D eigenvalue weighted by molar-refractivity contribution is 5.86. The summed E-state index contributed by atoms with van der Waals surface area (Å²) in [5, 5.41) is 6.85. The van der Waals surface area contributed by atoms with Gasteiger partial charge in [-0.3, -0.25) is 0 Å². The third-order valence-corrected chi connectivity index (χ3v) is 0.598. The lowest BCUT2D eigenvalue weighted by Crippen LogP contribution is -2.07. The van der Waals surface area contributed by atoms with Gasteiger partial charge in [0.15, 0.2) is 0 Å². The Morgan fingerprint density at radius 1 is 1.89 bits per heavy atom. The first-order valence-corrected chi connectivity index (χ1v) is 2.50. The van der Waals surface area contributed by atoms with Gasteiger partial charge in [-0.05, 0) is 6.92 Å². The van der Waals surface area contributed by atoms with Gasteiger partial charge in [-0.1, -0.05) is 6.58 Å². The number of hydrogen-bond acceptors (Lipinski definition) is 3. The summed E-state index contributed by atoms with van der Waals surface area (Å²) in [5.41, 5.74) is 0.324. The average Bonchev–Trinajstić information content (AvgIpc) is 1.83. The minimum atomic E-state index is -0.485. The van der Waals surface area contributed by atoms with E-state index in [1.165, 1.54) is 0 Å². The fraction of sp³-hybridized carbons (Fsp3) is 0.333. The van der Waals surface area contributed by atoms with E-state index in [0.717, 1.165) is 6.08 Å². The van der Waals surface area contributed by atoms with Crippen LogP contribution in [-0.2, 0) is 9.53 Å². The molecule has 0 unspecified atom stereocenters. The van der Waals surface area contributed by atoms with E-state index in [1.807, 2.05) is 0 Å². The van der Waals surface area contributed by atoms with E-state index < -0.39 is 5.97 Å². The van der Waals surface area contributed by atoms with Crippen molar-refractivity contribution >= 4 is 11.7 Å². The molecule has 0 aromatic rings. The van der Waals surface area contributed by atoms with Gasteiger partial charge in [0, 0.05) is 11.8 Å². The van der Waals surface area contributed by atoms with Crippen LogP contribution in [0.25, 0.3) is 0 Å². The standard InChI is InChI=1S/C6H9NO2/c1-3-6(8)9-4-5(2)7/h3,7H,1,4H2,2H3. The Morgan fingerprint density at radius 2 is 2.44 bits per heavy atom. The maximum absolute atomic E-state index is 10.3. The molecule has 50 valence electrons. The second-order valence-corrected chi connectivity index (χ2v) is 1.59. The predicted molar refractivity (Wildman–Crippen MR) is 34.6 cm³/mol. The van der Waals surface area contributed by atoms with Crippen molar-refractivity contribution in [3.63, 3.8) is 0 Å². The van der Waals surface area contributed by atoms with Gasteiger partial charge in [-0.15, -0.1) is 0 Å². The minimum Gasteiger partial charge on any atom is -0.456 e. The first-order chi connectivity index (χ1) is 4.16. The first-order valence-electron chi connectivity index (χ1n) is 2.50. The Balaban J connectivity index is 3.39. The van der Waals surface area contributed by atoms with Crippen molar-refractivity contribution in [2.45, 2.75) is 6.92 Å². The van der Waals surface area contributed by atoms with Gasteiger partial charge in [-0.2, -0.15) is 0 Å². The highest BCUT2D eigenvalue weighted by atomic mass is 16.5. The van der Waals surface area contributed by atoms with Crippen molar-refractivity contribution in [2.24, 2.45) is 0 Å². The topological polar surface area (TPSA) is 50.2 Å². The van der Waals surface area contributed by atoms with Gasteiger partial charge in [0.2, 0.25) is 0 Å². The second-order valence-electron chi connectivity index (χ2n) is 1.59. The van der Waals surface area contributed by atoms with Crippen LogP contribution < -0.4 is 0 Å². The maximum Gasteiger partial charge on any atom is 0.330 e. The van der Waals surface area contributed by atoms with Crippen LogP contribution in [0, 0.1) is 5.41 Å². The molecule has 0 radical (unpaired) electrons. The monoisotopic (exact) mass is 127 g/mol.